The van der Waals surface area contributed by atoms with Gasteiger partial charge < -0.3 is 9.53 Å². The van der Waals surface area contributed by atoms with Crippen molar-refractivity contribution in [2.75, 3.05) is 0 Å². The van der Waals surface area contributed by atoms with E-state index in [-0.39, 0.29) is 18.5 Å². The van der Waals surface area contributed by atoms with E-state index in [0.717, 1.165) is 6.29 Å². The second kappa shape index (κ2) is 5.96. The summed E-state index contributed by atoms with van der Waals surface area (Å²) < 4.78 is 5.16. The van der Waals surface area contributed by atoms with E-state index in [4.69, 9.17) is 4.74 Å². The third-order valence-corrected chi connectivity index (χ3v) is 2.10. The van der Waals surface area contributed by atoms with Gasteiger partial charge >= 0.3 is 5.97 Å². The second-order valence-corrected chi connectivity index (χ2v) is 3.20. The summed E-state index contributed by atoms with van der Waals surface area (Å²) >= 11 is 0. The van der Waals surface area contributed by atoms with Crippen molar-refractivity contribution in [2.24, 2.45) is 0 Å². The van der Waals surface area contributed by atoms with Crippen molar-refractivity contribution in [3.8, 4) is 0 Å². The summed E-state index contributed by atoms with van der Waals surface area (Å²) in [6, 6.07) is 8.76. The number of rotatable bonds is 5. The Bertz CT molecular complexity index is 319. The summed E-state index contributed by atoms with van der Waals surface area (Å²) in [5.41, 5.74) is 0.516. The van der Waals surface area contributed by atoms with E-state index < -0.39 is 0 Å². The van der Waals surface area contributed by atoms with Gasteiger partial charge in [0.2, 0.25) is 0 Å². The quantitative estimate of drug-likeness (QED) is 0.548. The van der Waals surface area contributed by atoms with Gasteiger partial charge in [-0.2, -0.15) is 0 Å². The molecule has 0 fully saturated rings. The van der Waals surface area contributed by atoms with Crippen LogP contribution in [-0.2, 0) is 9.53 Å². The highest BCUT2D eigenvalue weighted by molar-refractivity contribution is 5.89. The minimum Gasteiger partial charge on any atom is -0.458 e. The summed E-state index contributed by atoms with van der Waals surface area (Å²) in [5, 5.41) is 0. The standard InChI is InChI=1S/C12H14O3/c1-2-11(8-9-13)15-12(14)10-6-4-3-5-7-10/h3-7,9,11H,2,8H2,1H3. The molecule has 1 aromatic rings. The van der Waals surface area contributed by atoms with E-state index in [2.05, 4.69) is 0 Å². The van der Waals surface area contributed by atoms with Crippen molar-refractivity contribution in [1.29, 1.82) is 0 Å². The minimum atomic E-state index is -0.371. The van der Waals surface area contributed by atoms with Crippen LogP contribution >= 0.6 is 0 Å². The van der Waals surface area contributed by atoms with Gasteiger partial charge in [0, 0.05) is 6.42 Å². The third-order valence-electron chi connectivity index (χ3n) is 2.10. The molecule has 0 bridgehead atoms. The molecule has 0 aromatic heterocycles. The molecule has 0 N–H and O–H groups in total. The van der Waals surface area contributed by atoms with Crippen LogP contribution in [-0.4, -0.2) is 18.4 Å². The summed E-state index contributed by atoms with van der Waals surface area (Å²) in [6.07, 6.45) is 1.37. The monoisotopic (exact) mass is 206 g/mol. The van der Waals surface area contributed by atoms with Gasteiger partial charge in [0.25, 0.3) is 0 Å². The highest BCUT2D eigenvalue weighted by Gasteiger charge is 2.13. The first kappa shape index (κ1) is 11.4. The average Bonchev–Trinajstić information content (AvgIpc) is 2.29. The van der Waals surface area contributed by atoms with E-state index in [0.29, 0.717) is 12.0 Å². The second-order valence-electron chi connectivity index (χ2n) is 3.20. The predicted molar refractivity (Wildman–Crippen MR) is 56.6 cm³/mol. The van der Waals surface area contributed by atoms with E-state index >= 15 is 0 Å². The van der Waals surface area contributed by atoms with Crippen molar-refractivity contribution in [3.63, 3.8) is 0 Å². The number of ether oxygens (including phenoxy) is 1. The summed E-state index contributed by atoms with van der Waals surface area (Å²) in [4.78, 5) is 21.9. The molecule has 1 aromatic carbocycles. The SMILES string of the molecule is CCC(CC=O)OC(=O)c1ccccc1. The molecule has 0 saturated carbocycles. The Morgan fingerprint density at radius 1 is 1.40 bits per heavy atom. The summed E-state index contributed by atoms with van der Waals surface area (Å²) in [5.74, 6) is -0.371. The molecule has 0 spiro atoms. The van der Waals surface area contributed by atoms with Crippen molar-refractivity contribution < 1.29 is 14.3 Å². The Morgan fingerprint density at radius 3 is 2.60 bits per heavy atom. The largest absolute Gasteiger partial charge is 0.458 e. The average molecular weight is 206 g/mol. The number of carbonyl (C=O) groups excluding carboxylic acids is 2. The first-order valence-electron chi connectivity index (χ1n) is 4.97. The van der Waals surface area contributed by atoms with Gasteiger partial charge in [-0.25, -0.2) is 4.79 Å². The molecule has 0 aliphatic heterocycles. The van der Waals surface area contributed by atoms with Crippen LogP contribution in [0.25, 0.3) is 0 Å². The van der Waals surface area contributed by atoms with Crippen molar-refractivity contribution in [2.45, 2.75) is 25.9 Å². The fourth-order valence-electron chi connectivity index (χ4n) is 1.20. The molecule has 0 heterocycles. The number of carbonyl (C=O) groups is 2. The maximum Gasteiger partial charge on any atom is 0.338 e. The molecular formula is C12H14O3. The van der Waals surface area contributed by atoms with Crippen molar-refractivity contribution in [1.82, 2.24) is 0 Å². The van der Waals surface area contributed by atoms with Crippen LogP contribution in [0.2, 0.25) is 0 Å². The smallest absolute Gasteiger partial charge is 0.338 e. The normalized spacial score (nSPS) is 11.8. The Balaban J connectivity index is 2.58. The number of aldehydes is 1. The first-order valence-corrected chi connectivity index (χ1v) is 4.97. The molecule has 0 amide bonds. The molecule has 0 saturated heterocycles. The minimum absolute atomic E-state index is 0.259. The highest BCUT2D eigenvalue weighted by Crippen LogP contribution is 2.07. The number of benzene rings is 1. The van der Waals surface area contributed by atoms with Gasteiger partial charge in [0.05, 0.1) is 5.56 Å². The lowest BCUT2D eigenvalue weighted by atomic mass is 10.2. The van der Waals surface area contributed by atoms with E-state index in [9.17, 15) is 9.59 Å². The topological polar surface area (TPSA) is 43.4 Å². The molecule has 3 heteroatoms. The van der Waals surface area contributed by atoms with E-state index in [1.807, 2.05) is 13.0 Å². The third kappa shape index (κ3) is 3.54. The maximum absolute atomic E-state index is 11.6. The lowest BCUT2D eigenvalue weighted by Crippen LogP contribution is -2.17. The molecule has 80 valence electrons. The lowest BCUT2D eigenvalue weighted by molar-refractivity contribution is -0.109. The van der Waals surface area contributed by atoms with Gasteiger partial charge in [0.15, 0.2) is 0 Å². The molecular weight excluding hydrogens is 192 g/mol. The van der Waals surface area contributed by atoms with Crippen LogP contribution in [0.15, 0.2) is 30.3 Å². The Hall–Kier alpha value is -1.64. The number of hydrogen-bond acceptors (Lipinski definition) is 3. The zero-order chi connectivity index (χ0) is 11.1. The molecule has 1 rings (SSSR count). The zero-order valence-corrected chi connectivity index (χ0v) is 8.68. The molecule has 1 unspecified atom stereocenters. The van der Waals surface area contributed by atoms with Crippen LogP contribution in [0.3, 0.4) is 0 Å². The predicted octanol–water partition coefficient (Wildman–Crippen LogP) is 2.21. The fourth-order valence-corrected chi connectivity index (χ4v) is 1.20. The number of hydrogen-bond donors (Lipinski definition) is 0. The molecule has 0 radical (unpaired) electrons. The molecule has 1 atom stereocenters. The molecule has 15 heavy (non-hydrogen) atoms. The molecule has 0 aliphatic carbocycles. The van der Waals surface area contributed by atoms with Gasteiger partial charge in [-0.3, -0.25) is 0 Å². The maximum atomic E-state index is 11.6. The van der Waals surface area contributed by atoms with Crippen molar-refractivity contribution >= 4 is 12.3 Å². The molecule has 0 aliphatic rings. The number of esters is 1. The van der Waals surface area contributed by atoms with Crippen LogP contribution in [0.1, 0.15) is 30.1 Å². The Labute approximate surface area is 89.1 Å². The van der Waals surface area contributed by atoms with Crippen LogP contribution in [0.5, 0.6) is 0 Å². The highest BCUT2D eigenvalue weighted by atomic mass is 16.5. The summed E-state index contributed by atoms with van der Waals surface area (Å²) in [7, 11) is 0. The van der Waals surface area contributed by atoms with Gasteiger partial charge in [-0.05, 0) is 18.6 Å². The van der Waals surface area contributed by atoms with Crippen LogP contribution in [0.4, 0.5) is 0 Å². The van der Waals surface area contributed by atoms with Gasteiger partial charge in [0.1, 0.15) is 12.4 Å². The summed E-state index contributed by atoms with van der Waals surface area (Å²) in [6.45, 7) is 1.88. The lowest BCUT2D eigenvalue weighted by Gasteiger charge is -2.13. The van der Waals surface area contributed by atoms with Gasteiger partial charge in [-0.1, -0.05) is 25.1 Å². The van der Waals surface area contributed by atoms with Crippen LogP contribution in [0, 0.1) is 0 Å². The zero-order valence-electron chi connectivity index (χ0n) is 8.68. The molecule has 3 nitrogen and oxygen atoms in total. The van der Waals surface area contributed by atoms with Gasteiger partial charge in [-0.15, -0.1) is 0 Å². The first-order chi connectivity index (χ1) is 7.27. The van der Waals surface area contributed by atoms with Crippen molar-refractivity contribution in [3.05, 3.63) is 35.9 Å². The van der Waals surface area contributed by atoms with Crippen LogP contribution < -0.4 is 0 Å². The fraction of sp³-hybridized carbons (Fsp3) is 0.333. The Kier molecular flexibility index (Phi) is 4.54. The Morgan fingerprint density at radius 2 is 2.07 bits per heavy atom. The van der Waals surface area contributed by atoms with E-state index in [1.54, 1.807) is 24.3 Å². The van der Waals surface area contributed by atoms with E-state index in [1.165, 1.54) is 0 Å².